The van der Waals surface area contributed by atoms with Gasteiger partial charge in [0.25, 0.3) is 0 Å². The van der Waals surface area contributed by atoms with Crippen molar-refractivity contribution in [1.82, 2.24) is 0 Å². The zero-order valence-electron chi connectivity index (χ0n) is 19.2. The van der Waals surface area contributed by atoms with Gasteiger partial charge < -0.3 is 18.9 Å². The van der Waals surface area contributed by atoms with E-state index in [1.807, 2.05) is 34.6 Å². The Morgan fingerprint density at radius 2 is 1.53 bits per heavy atom. The van der Waals surface area contributed by atoms with Gasteiger partial charge in [-0.3, -0.25) is 9.59 Å². The lowest BCUT2D eigenvalue weighted by molar-refractivity contribution is -0.144. The van der Waals surface area contributed by atoms with E-state index in [9.17, 15) is 9.59 Å². The van der Waals surface area contributed by atoms with Crippen molar-refractivity contribution in [2.75, 3.05) is 17.6 Å². The second-order valence-corrected chi connectivity index (χ2v) is 9.28. The van der Waals surface area contributed by atoms with Gasteiger partial charge in [0, 0.05) is 26.6 Å². The molecule has 32 heavy (non-hydrogen) atoms. The quantitative estimate of drug-likeness (QED) is 0.128. The van der Waals surface area contributed by atoms with Crippen LogP contribution in [0, 0.1) is 5.41 Å². The van der Waals surface area contributed by atoms with Crippen LogP contribution in [0.15, 0.2) is 18.2 Å². The molecule has 8 heteroatoms. The molecule has 176 valence electrons. The van der Waals surface area contributed by atoms with Crippen molar-refractivity contribution in [1.29, 1.82) is 0 Å². The largest absolute Gasteiger partial charge is 0.487 e. The van der Waals surface area contributed by atoms with Crippen LogP contribution in [0.2, 0.25) is 5.02 Å². The van der Waals surface area contributed by atoms with Crippen LogP contribution >= 0.6 is 34.2 Å². The predicted octanol–water partition coefficient (Wildman–Crippen LogP) is 6.75. The van der Waals surface area contributed by atoms with Crippen molar-refractivity contribution < 1.29 is 28.5 Å². The molecule has 6 nitrogen and oxygen atoms in total. The first kappa shape index (κ1) is 26.5. The number of carbonyl (C=O) groups is 2. The van der Waals surface area contributed by atoms with Gasteiger partial charge in [0.05, 0.1) is 18.6 Å². The van der Waals surface area contributed by atoms with Crippen LogP contribution in [0.25, 0.3) is 10.8 Å². The maximum Gasteiger partial charge on any atom is 0.317 e. The molecule has 0 atom stereocenters. The van der Waals surface area contributed by atoms with E-state index >= 15 is 0 Å². The summed E-state index contributed by atoms with van der Waals surface area (Å²) >= 11 is 8.49. The fourth-order valence-electron chi connectivity index (χ4n) is 2.86. The van der Waals surface area contributed by atoms with E-state index in [1.165, 1.54) is 0 Å². The molecule has 0 saturated heterocycles. The summed E-state index contributed by atoms with van der Waals surface area (Å²) in [5.74, 6) is 0.0844. The average molecular weight is 577 g/mol. The van der Waals surface area contributed by atoms with Crippen LogP contribution in [0.5, 0.6) is 23.0 Å². The van der Waals surface area contributed by atoms with Crippen molar-refractivity contribution >= 4 is 56.9 Å². The van der Waals surface area contributed by atoms with Gasteiger partial charge in [-0.1, -0.05) is 41.1 Å². The van der Waals surface area contributed by atoms with Crippen molar-refractivity contribution in [2.45, 2.75) is 53.9 Å². The van der Waals surface area contributed by atoms with Gasteiger partial charge >= 0.3 is 11.9 Å². The van der Waals surface area contributed by atoms with E-state index in [2.05, 4.69) is 22.6 Å². The minimum atomic E-state index is -0.696. The normalized spacial score (nSPS) is 11.3. The first-order valence-electron chi connectivity index (χ1n) is 10.7. The highest BCUT2D eigenvalue weighted by Gasteiger charge is 2.32. The molecule has 2 aromatic carbocycles. The maximum atomic E-state index is 13.0. The van der Waals surface area contributed by atoms with Crippen molar-refractivity contribution in [2.24, 2.45) is 5.41 Å². The van der Waals surface area contributed by atoms with Crippen LogP contribution in [-0.4, -0.2) is 29.6 Å². The third kappa shape index (κ3) is 6.19. The van der Waals surface area contributed by atoms with Crippen LogP contribution in [0.1, 0.15) is 53.9 Å². The molecule has 0 unspecified atom stereocenters. The molecule has 0 aliphatic rings. The smallest absolute Gasteiger partial charge is 0.317 e. The van der Waals surface area contributed by atoms with Crippen LogP contribution in [0.4, 0.5) is 0 Å². The molecule has 0 N–H and O–H groups in total. The van der Waals surface area contributed by atoms with Gasteiger partial charge in [-0.25, -0.2) is 0 Å². The molecule has 2 rings (SSSR count). The average Bonchev–Trinajstić information content (AvgIpc) is 2.76. The molecule has 0 saturated carbocycles. The third-order valence-corrected chi connectivity index (χ3v) is 6.03. The molecule has 0 amide bonds. The fourth-order valence-corrected chi connectivity index (χ4v) is 3.41. The molecule has 0 bridgehead atoms. The second-order valence-electron chi connectivity index (χ2n) is 7.77. The summed E-state index contributed by atoms with van der Waals surface area (Å²) in [4.78, 5) is 25.5. The number of hydrogen-bond donors (Lipinski definition) is 0. The van der Waals surface area contributed by atoms with E-state index in [0.717, 1.165) is 4.43 Å². The highest BCUT2D eigenvalue weighted by Crippen LogP contribution is 2.52. The molecule has 0 aliphatic heterocycles. The number of halogens is 2. The molecular weight excluding hydrogens is 547 g/mol. The van der Waals surface area contributed by atoms with E-state index in [1.54, 1.807) is 18.2 Å². The Morgan fingerprint density at radius 1 is 0.938 bits per heavy atom. The highest BCUT2D eigenvalue weighted by atomic mass is 127. The Hall–Kier alpha value is -1.74. The SMILES string of the molecule is CCOc1c(OCC)c(OC(=O)C(C)(C)CC)c2ccc(Cl)cc2c1OC(=O)CCCI. The predicted molar refractivity (Wildman–Crippen MR) is 135 cm³/mol. The van der Waals surface area contributed by atoms with Crippen LogP contribution in [0.3, 0.4) is 0 Å². The van der Waals surface area contributed by atoms with Crippen molar-refractivity contribution in [3.63, 3.8) is 0 Å². The standard InChI is InChI=1S/C24H30ClIO6/c1-6-24(4,5)23(28)32-19-16-12-11-15(25)14-17(16)20(31-18(27)10-9-13-26)22(30-8-3)21(19)29-7-2/h11-12,14H,6-10,13H2,1-5H3. The van der Waals surface area contributed by atoms with Gasteiger partial charge in [-0.15, -0.1) is 0 Å². The minimum Gasteiger partial charge on any atom is -0.487 e. The van der Waals surface area contributed by atoms with Gasteiger partial charge in [-0.2, -0.15) is 0 Å². The van der Waals surface area contributed by atoms with Crippen molar-refractivity contribution in [3.8, 4) is 23.0 Å². The van der Waals surface area contributed by atoms with Gasteiger partial charge in [0.1, 0.15) is 0 Å². The number of benzene rings is 2. The van der Waals surface area contributed by atoms with Gasteiger partial charge in [-0.05, 0) is 58.7 Å². The molecule has 0 fully saturated rings. The first-order chi connectivity index (χ1) is 15.2. The zero-order valence-corrected chi connectivity index (χ0v) is 22.1. The number of alkyl halides is 1. The second kappa shape index (κ2) is 11.9. The zero-order chi connectivity index (χ0) is 23.9. The summed E-state index contributed by atoms with van der Waals surface area (Å²) in [6.45, 7) is 9.78. The van der Waals surface area contributed by atoms with Crippen LogP contribution < -0.4 is 18.9 Å². The highest BCUT2D eigenvalue weighted by molar-refractivity contribution is 14.1. The van der Waals surface area contributed by atoms with Gasteiger partial charge in [0.2, 0.25) is 11.5 Å². The summed E-state index contributed by atoms with van der Waals surface area (Å²) in [7, 11) is 0. The summed E-state index contributed by atoms with van der Waals surface area (Å²) in [6, 6.07) is 5.07. The molecule has 0 aromatic heterocycles. The summed E-state index contributed by atoms with van der Waals surface area (Å²) in [5.41, 5.74) is -0.696. The van der Waals surface area contributed by atoms with E-state index in [0.29, 0.717) is 35.2 Å². The molecule has 2 aromatic rings. The summed E-state index contributed by atoms with van der Waals surface area (Å²) < 4.78 is 24.2. The number of hydrogen-bond acceptors (Lipinski definition) is 6. The topological polar surface area (TPSA) is 71.1 Å². The maximum absolute atomic E-state index is 13.0. The number of ether oxygens (including phenoxy) is 4. The number of esters is 2. The lowest BCUT2D eigenvalue weighted by Gasteiger charge is -2.24. The van der Waals surface area contributed by atoms with Crippen LogP contribution in [-0.2, 0) is 9.59 Å². The lowest BCUT2D eigenvalue weighted by Crippen LogP contribution is -2.28. The number of carbonyl (C=O) groups excluding carboxylic acids is 2. The molecule has 0 spiro atoms. The first-order valence-corrected chi connectivity index (χ1v) is 12.6. The van der Waals surface area contributed by atoms with E-state index < -0.39 is 11.4 Å². The monoisotopic (exact) mass is 576 g/mol. The third-order valence-electron chi connectivity index (χ3n) is 5.03. The Labute approximate surface area is 208 Å². The van der Waals surface area contributed by atoms with Gasteiger partial charge in [0.15, 0.2) is 11.5 Å². The van der Waals surface area contributed by atoms with Crippen molar-refractivity contribution in [3.05, 3.63) is 23.2 Å². The lowest BCUT2D eigenvalue weighted by atomic mass is 9.90. The summed E-state index contributed by atoms with van der Waals surface area (Å²) in [6.07, 6.45) is 1.56. The molecule has 0 heterocycles. The minimum absolute atomic E-state index is 0.209. The summed E-state index contributed by atoms with van der Waals surface area (Å²) in [5, 5.41) is 1.49. The molecule has 0 radical (unpaired) electrons. The Kier molecular flexibility index (Phi) is 9.88. The Morgan fingerprint density at radius 3 is 2.06 bits per heavy atom. The molecule has 0 aliphatic carbocycles. The van der Waals surface area contributed by atoms with E-state index in [4.69, 9.17) is 30.5 Å². The Balaban J connectivity index is 2.80. The fraction of sp³-hybridized carbons (Fsp3) is 0.500. The Bertz CT molecular complexity index is 973. The van der Waals surface area contributed by atoms with E-state index in [-0.39, 0.29) is 42.0 Å². The number of fused-ring (bicyclic) bond motifs is 1. The molecular formula is C24H30ClIO6. The number of rotatable bonds is 11.